The van der Waals surface area contributed by atoms with Crippen molar-refractivity contribution >= 4 is 50.4 Å². The van der Waals surface area contributed by atoms with E-state index in [1.54, 1.807) is 17.4 Å². The third kappa shape index (κ3) is 3.29. The van der Waals surface area contributed by atoms with Crippen molar-refractivity contribution in [1.29, 1.82) is 0 Å². The molecule has 0 amide bonds. The molecule has 1 aromatic heterocycles. The lowest BCUT2D eigenvalue weighted by Gasteiger charge is -2.07. The van der Waals surface area contributed by atoms with Gasteiger partial charge < -0.3 is 10.1 Å². The van der Waals surface area contributed by atoms with Crippen LogP contribution in [0.15, 0.2) is 36.4 Å². The average Bonchev–Trinajstić information content (AvgIpc) is 2.94. The Labute approximate surface area is 142 Å². The van der Waals surface area contributed by atoms with Gasteiger partial charge in [0, 0.05) is 11.8 Å². The summed E-state index contributed by atoms with van der Waals surface area (Å²) in [5, 5.41) is 5.35. The summed E-state index contributed by atoms with van der Waals surface area (Å²) in [6.45, 7) is 3.25. The van der Waals surface area contributed by atoms with Crippen molar-refractivity contribution in [1.82, 2.24) is 4.98 Å². The Balaban J connectivity index is 1.76. The second-order valence-corrected chi connectivity index (χ2v) is 6.53. The lowest BCUT2D eigenvalue weighted by molar-refractivity contribution is 0.340. The standard InChI is InChI=1S/C16H14Cl2N2OS/c1-2-21-11-5-3-4-10(8-11)19-9-14-20-16-13(22-14)7-6-12(17)15(16)18/h3-8,19H,2,9H2,1H3. The molecule has 0 bridgehead atoms. The van der Waals surface area contributed by atoms with Gasteiger partial charge in [-0.3, -0.25) is 0 Å². The van der Waals surface area contributed by atoms with Gasteiger partial charge in [0.05, 0.1) is 27.9 Å². The fourth-order valence-electron chi connectivity index (χ4n) is 2.10. The van der Waals surface area contributed by atoms with Gasteiger partial charge in [0.1, 0.15) is 16.3 Å². The molecule has 0 unspecified atom stereocenters. The molecule has 0 spiro atoms. The molecule has 0 aliphatic heterocycles. The third-order valence-corrected chi connectivity index (χ3v) is 4.90. The van der Waals surface area contributed by atoms with E-state index in [0.29, 0.717) is 23.2 Å². The van der Waals surface area contributed by atoms with Crippen LogP contribution in [0.4, 0.5) is 5.69 Å². The van der Waals surface area contributed by atoms with Gasteiger partial charge in [-0.2, -0.15) is 0 Å². The lowest BCUT2D eigenvalue weighted by atomic mass is 10.3. The van der Waals surface area contributed by atoms with Crippen LogP contribution in [-0.4, -0.2) is 11.6 Å². The monoisotopic (exact) mass is 352 g/mol. The molecule has 3 aromatic rings. The third-order valence-electron chi connectivity index (χ3n) is 3.09. The van der Waals surface area contributed by atoms with Gasteiger partial charge in [0.2, 0.25) is 0 Å². The topological polar surface area (TPSA) is 34.1 Å². The molecule has 3 rings (SSSR count). The fourth-order valence-corrected chi connectivity index (χ4v) is 3.43. The van der Waals surface area contributed by atoms with E-state index in [1.165, 1.54) is 0 Å². The van der Waals surface area contributed by atoms with Crippen LogP contribution in [0.25, 0.3) is 10.2 Å². The van der Waals surface area contributed by atoms with Crippen LogP contribution < -0.4 is 10.1 Å². The minimum absolute atomic E-state index is 0.514. The molecular weight excluding hydrogens is 339 g/mol. The summed E-state index contributed by atoms with van der Waals surface area (Å²) < 4.78 is 6.53. The molecule has 3 nitrogen and oxygen atoms in total. The Morgan fingerprint density at radius 2 is 2.09 bits per heavy atom. The predicted octanol–water partition coefficient (Wildman–Crippen LogP) is 5.61. The van der Waals surface area contributed by atoms with E-state index < -0.39 is 0 Å². The van der Waals surface area contributed by atoms with Gasteiger partial charge in [-0.1, -0.05) is 29.3 Å². The van der Waals surface area contributed by atoms with Crippen LogP contribution in [-0.2, 0) is 6.54 Å². The van der Waals surface area contributed by atoms with E-state index >= 15 is 0 Å². The molecule has 0 saturated carbocycles. The molecule has 6 heteroatoms. The highest BCUT2D eigenvalue weighted by molar-refractivity contribution is 7.18. The summed E-state index contributed by atoms with van der Waals surface area (Å²) in [7, 11) is 0. The highest BCUT2D eigenvalue weighted by Crippen LogP contribution is 2.33. The molecule has 2 aromatic carbocycles. The average molecular weight is 353 g/mol. The Morgan fingerprint density at radius 3 is 2.91 bits per heavy atom. The normalized spacial score (nSPS) is 10.9. The zero-order valence-electron chi connectivity index (χ0n) is 11.9. The number of hydrogen-bond acceptors (Lipinski definition) is 4. The van der Waals surface area contributed by atoms with E-state index in [1.807, 2.05) is 37.3 Å². The summed E-state index contributed by atoms with van der Waals surface area (Å²) in [5.41, 5.74) is 1.76. The van der Waals surface area contributed by atoms with Crippen molar-refractivity contribution in [3.63, 3.8) is 0 Å². The van der Waals surface area contributed by atoms with Crippen LogP contribution >= 0.6 is 34.5 Å². The number of rotatable bonds is 5. The first-order valence-corrected chi connectivity index (χ1v) is 8.44. The molecule has 0 radical (unpaired) electrons. The van der Waals surface area contributed by atoms with Crippen molar-refractivity contribution in [3.05, 3.63) is 51.5 Å². The minimum Gasteiger partial charge on any atom is -0.494 e. The first-order chi connectivity index (χ1) is 10.7. The number of nitrogens with one attached hydrogen (secondary N) is 1. The number of halogens is 2. The summed E-state index contributed by atoms with van der Waals surface area (Å²) in [6.07, 6.45) is 0. The Morgan fingerprint density at radius 1 is 1.23 bits per heavy atom. The van der Waals surface area contributed by atoms with E-state index in [4.69, 9.17) is 27.9 Å². The second kappa shape index (κ2) is 6.73. The van der Waals surface area contributed by atoms with Crippen molar-refractivity contribution in [3.8, 4) is 5.75 Å². The highest BCUT2D eigenvalue weighted by atomic mass is 35.5. The maximum absolute atomic E-state index is 6.19. The number of ether oxygens (including phenoxy) is 1. The van der Waals surface area contributed by atoms with Crippen molar-refractivity contribution < 1.29 is 4.74 Å². The summed E-state index contributed by atoms with van der Waals surface area (Å²) >= 11 is 13.8. The van der Waals surface area contributed by atoms with Gasteiger partial charge in [-0.05, 0) is 31.2 Å². The van der Waals surface area contributed by atoms with Crippen molar-refractivity contribution in [2.45, 2.75) is 13.5 Å². The van der Waals surface area contributed by atoms with E-state index in [-0.39, 0.29) is 0 Å². The molecule has 0 aliphatic rings. The number of nitrogens with zero attached hydrogens (tertiary/aromatic N) is 1. The molecule has 0 atom stereocenters. The van der Waals surface area contributed by atoms with Gasteiger partial charge in [0.15, 0.2) is 0 Å². The number of aromatic nitrogens is 1. The largest absolute Gasteiger partial charge is 0.494 e. The molecule has 22 heavy (non-hydrogen) atoms. The second-order valence-electron chi connectivity index (χ2n) is 4.63. The Kier molecular flexibility index (Phi) is 4.71. The number of hydrogen-bond donors (Lipinski definition) is 1. The van der Waals surface area contributed by atoms with Gasteiger partial charge in [-0.25, -0.2) is 4.98 Å². The van der Waals surface area contributed by atoms with Crippen molar-refractivity contribution in [2.24, 2.45) is 0 Å². The molecule has 0 fully saturated rings. The van der Waals surface area contributed by atoms with Crippen LogP contribution in [0.3, 0.4) is 0 Å². The summed E-state index contributed by atoms with van der Waals surface area (Å²) in [5.74, 6) is 0.853. The molecule has 1 heterocycles. The molecular formula is C16H14Cl2N2OS. The van der Waals surface area contributed by atoms with Gasteiger partial charge in [-0.15, -0.1) is 11.3 Å². The quantitative estimate of drug-likeness (QED) is 0.647. The Bertz CT molecular complexity index is 804. The summed E-state index contributed by atoms with van der Waals surface area (Å²) in [6, 6.07) is 11.6. The predicted molar refractivity (Wildman–Crippen MR) is 94.6 cm³/mol. The zero-order chi connectivity index (χ0) is 15.5. The van der Waals surface area contributed by atoms with E-state index in [9.17, 15) is 0 Å². The Hall–Kier alpha value is -1.49. The number of anilines is 1. The number of thiazole rings is 1. The zero-order valence-corrected chi connectivity index (χ0v) is 14.2. The lowest BCUT2D eigenvalue weighted by Crippen LogP contribution is -1.99. The molecule has 0 aliphatic carbocycles. The van der Waals surface area contributed by atoms with Gasteiger partial charge in [0.25, 0.3) is 0 Å². The highest BCUT2D eigenvalue weighted by Gasteiger charge is 2.10. The first kappa shape index (κ1) is 15.4. The van der Waals surface area contributed by atoms with Crippen molar-refractivity contribution in [2.75, 3.05) is 11.9 Å². The molecule has 114 valence electrons. The number of fused-ring (bicyclic) bond motifs is 1. The minimum atomic E-state index is 0.514. The smallest absolute Gasteiger partial charge is 0.121 e. The molecule has 1 N–H and O–H groups in total. The maximum Gasteiger partial charge on any atom is 0.121 e. The van der Waals surface area contributed by atoms with E-state index in [0.717, 1.165) is 26.7 Å². The summed E-state index contributed by atoms with van der Waals surface area (Å²) in [4.78, 5) is 4.56. The van der Waals surface area contributed by atoms with Crippen LogP contribution in [0.1, 0.15) is 11.9 Å². The number of benzene rings is 2. The van der Waals surface area contributed by atoms with Crippen LogP contribution in [0.2, 0.25) is 10.0 Å². The first-order valence-electron chi connectivity index (χ1n) is 6.87. The van der Waals surface area contributed by atoms with Crippen LogP contribution in [0, 0.1) is 0 Å². The SMILES string of the molecule is CCOc1cccc(NCc2nc3c(Cl)c(Cl)ccc3s2)c1. The molecule has 0 saturated heterocycles. The fraction of sp³-hybridized carbons (Fsp3) is 0.188. The maximum atomic E-state index is 6.19. The van der Waals surface area contributed by atoms with Gasteiger partial charge >= 0.3 is 0 Å². The van der Waals surface area contributed by atoms with Crippen LogP contribution in [0.5, 0.6) is 5.75 Å². The van der Waals surface area contributed by atoms with E-state index in [2.05, 4.69) is 10.3 Å².